The summed E-state index contributed by atoms with van der Waals surface area (Å²) in [6.45, 7) is 2.71. The van der Waals surface area contributed by atoms with E-state index in [0.717, 1.165) is 18.3 Å². The Balaban J connectivity index is 3.39. The molecule has 0 saturated heterocycles. The molecule has 0 spiro atoms. The standard InChI is InChI=1S/C4H9N3S2/c1-2-7-4(8)9-3(5)6/h2H2,1H3,(H3,5,6)(H,7,8). The van der Waals surface area contributed by atoms with Crippen LogP contribution in [0.25, 0.3) is 0 Å². The highest BCUT2D eigenvalue weighted by Crippen LogP contribution is 1.98. The zero-order valence-electron chi connectivity index (χ0n) is 5.10. The Morgan fingerprint density at radius 3 is 2.78 bits per heavy atom. The molecule has 0 amide bonds. The van der Waals surface area contributed by atoms with Gasteiger partial charge in [0.25, 0.3) is 0 Å². The maximum atomic E-state index is 6.82. The molecule has 0 aliphatic rings. The molecule has 0 aromatic rings. The Bertz CT molecular complexity index is 123. The van der Waals surface area contributed by atoms with Crippen molar-refractivity contribution in [1.82, 2.24) is 5.32 Å². The van der Waals surface area contributed by atoms with E-state index in [-0.39, 0.29) is 5.17 Å². The normalized spacial score (nSPS) is 8.56. The summed E-state index contributed by atoms with van der Waals surface area (Å²) in [5.74, 6) is 0. The van der Waals surface area contributed by atoms with Crippen molar-refractivity contribution < 1.29 is 0 Å². The molecule has 3 nitrogen and oxygen atoms in total. The van der Waals surface area contributed by atoms with Gasteiger partial charge < -0.3 is 11.1 Å². The molecule has 0 aliphatic carbocycles. The lowest BCUT2D eigenvalue weighted by atomic mass is 10.8. The summed E-state index contributed by atoms with van der Waals surface area (Å²) in [5.41, 5.74) is 5.04. The minimum absolute atomic E-state index is 0.0287. The van der Waals surface area contributed by atoms with Gasteiger partial charge in [-0.2, -0.15) is 0 Å². The molecule has 0 aromatic heterocycles. The van der Waals surface area contributed by atoms with Gasteiger partial charge in [0.15, 0.2) is 5.17 Å². The first-order valence-electron chi connectivity index (χ1n) is 2.46. The van der Waals surface area contributed by atoms with Gasteiger partial charge in [0.2, 0.25) is 0 Å². The summed E-state index contributed by atoms with van der Waals surface area (Å²) in [4.78, 5) is 0. The number of amidine groups is 1. The molecule has 0 heterocycles. The molecule has 0 aromatic carbocycles. The Hall–Kier alpha value is -0.290. The highest BCUT2D eigenvalue weighted by molar-refractivity contribution is 8.32. The molecular weight excluding hydrogens is 154 g/mol. The number of hydrogen-bond acceptors (Lipinski definition) is 3. The van der Waals surface area contributed by atoms with Gasteiger partial charge in [-0.15, -0.1) is 0 Å². The minimum Gasteiger partial charge on any atom is -0.378 e. The van der Waals surface area contributed by atoms with Crippen molar-refractivity contribution in [3.8, 4) is 0 Å². The molecule has 9 heavy (non-hydrogen) atoms. The van der Waals surface area contributed by atoms with E-state index < -0.39 is 0 Å². The number of nitrogens with two attached hydrogens (primary N) is 1. The Kier molecular flexibility index (Phi) is 4.43. The van der Waals surface area contributed by atoms with E-state index >= 15 is 0 Å². The van der Waals surface area contributed by atoms with Crippen LogP contribution < -0.4 is 11.1 Å². The predicted octanol–water partition coefficient (Wildman–Crippen LogP) is 0.507. The SMILES string of the molecule is CCNC(=S)SC(=N)N. The van der Waals surface area contributed by atoms with Crippen LogP contribution in [0.15, 0.2) is 0 Å². The largest absolute Gasteiger partial charge is 0.378 e. The third-order valence-corrected chi connectivity index (χ3v) is 1.47. The van der Waals surface area contributed by atoms with Crippen LogP contribution >= 0.6 is 24.0 Å². The van der Waals surface area contributed by atoms with Crippen LogP contribution in [-0.2, 0) is 0 Å². The van der Waals surface area contributed by atoms with Crippen molar-refractivity contribution in [2.45, 2.75) is 6.92 Å². The zero-order chi connectivity index (χ0) is 7.28. The summed E-state index contributed by atoms with van der Waals surface area (Å²) < 4.78 is 0.560. The molecule has 0 aliphatic heterocycles. The fourth-order valence-electron chi connectivity index (χ4n) is 0.280. The Labute approximate surface area is 63.9 Å². The lowest BCUT2D eigenvalue weighted by molar-refractivity contribution is 0.996. The summed E-state index contributed by atoms with van der Waals surface area (Å²) in [6.07, 6.45) is 0. The predicted molar refractivity (Wildman–Crippen MR) is 45.8 cm³/mol. The maximum Gasteiger partial charge on any atom is 0.158 e. The van der Waals surface area contributed by atoms with E-state index in [1.54, 1.807) is 0 Å². The van der Waals surface area contributed by atoms with Crippen LogP contribution in [0.2, 0.25) is 0 Å². The maximum absolute atomic E-state index is 6.82. The van der Waals surface area contributed by atoms with Crippen LogP contribution in [0.5, 0.6) is 0 Å². The molecule has 0 fully saturated rings. The Morgan fingerprint density at radius 1 is 1.89 bits per heavy atom. The van der Waals surface area contributed by atoms with Gasteiger partial charge in [-0.1, -0.05) is 12.2 Å². The molecule has 5 heteroatoms. The second kappa shape index (κ2) is 4.58. The molecule has 0 bridgehead atoms. The monoisotopic (exact) mass is 163 g/mol. The van der Waals surface area contributed by atoms with E-state index in [1.165, 1.54) is 0 Å². The van der Waals surface area contributed by atoms with Crippen molar-refractivity contribution in [1.29, 1.82) is 5.41 Å². The fraction of sp³-hybridized carbons (Fsp3) is 0.500. The minimum atomic E-state index is 0.0287. The number of thiocarbonyl (C=S) groups is 1. The quantitative estimate of drug-likeness (QED) is 0.299. The smallest absolute Gasteiger partial charge is 0.158 e. The average molecular weight is 163 g/mol. The van der Waals surface area contributed by atoms with Gasteiger partial charge in [0.05, 0.1) is 0 Å². The van der Waals surface area contributed by atoms with E-state index in [2.05, 4.69) is 5.32 Å². The number of thioether (sulfide) groups is 1. The summed E-state index contributed by atoms with van der Waals surface area (Å²) in [7, 11) is 0. The van der Waals surface area contributed by atoms with Crippen LogP contribution in [-0.4, -0.2) is 16.0 Å². The number of hydrogen-bond donors (Lipinski definition) is 3. The van der Waals surface area contributed by atoms with Gasteiger partial charge in [-0.3, -0.25) is 5.41 Å². The molecular formula is C4H9N3S2. The highest BCUT2D eigenvalue weighted by atomic mass is 32.2. The lowest BCUT2D eigenvalue weighted by Crippen LogP contribution is -2.20. The number of nitrogens with one attached hydrogen (secondary N) is 2. The van der Waals surface area contributed by atoms with E-state index in [9.17, 15) is 0 Å². The van der Waals surface area contributed by atoms with E-state index in [4.69, 9.17) is 23.4 Å². The molecule has 52 valence electrons. The summed E-state index contributed by atoms with van der Waals surface area (Å²) in [6, 6.07) is 0. The molecule has 0 atom stereocenters. The zero-order valence-corrected chi connectivity index (χ0v) is 6.73. The van der Waals surface area contributed by atoms with Crippen molar-refractivity contribution in [2.75, 3.05) is 6.54 Å². The second-order valence-corrected chi connectivity index (χ2v) is 3.00. The highest BCUT2D eigenvalue weighted by Gasteiger charge is 1.95. The third kappa shape index (κ3) is 5.58. The van der Waals surface area contributed by atoms with Crippen LogP contribution in [0.3, 0.4) is 0 Å². The van der Waals surface area contributed by atoms with Crippen LogP contribution in [0, 0.1) is 5.41 Å². The summed E-state index contributed by atoms with van der Waals surface area (Å²) >= 11 is 5.82. The van der Waals surface area contributed by atoms with Gasteiger partial charge in [-0.05, 0) is 18.7 Å². The van der Waals surface area contributed by atoms with Gasteiger partial charge >= 0.3 is 0 Å². The second-order valence-electron chi connectivity index (χ2n) is 1.28. The number of rotatable bonds is 1. The summed E-state index contributed by atoms with van der Waals surface area (Å²) in [5, 5.41) is 9.70. The topological polar surface area (TPSA) is 61.9 Å². The van der Waals surface area contributed by atoms with Crippen LogP contribution in [0.4, 0.5) is 0 Å². The van der Waals surface area contributed by atoms with Crippen molar-refractivity contribution in [3.63, 3.8) is 0 Å². The molecule has 0 unspecified atom stereocenters. The Morgan fingerprint density at radius 2 is 2.44 bits per heavy atom. The van der Waals surface area contributed by atoms with Crippen LogP contribution in [0.1, 0.15) is 6.92 Å². The molecule has 0 rings (SSSR count). The molecule has 4 N–H and O–H groups in total. The first-order chi connectivity index (χ1) is 4.16. The fourth-order valence-corrected chi connectivity index (χ4v) is 1.11. The first-order valence-corrected chi connectivity index (χ1v) is 3.69. The third-order valence-electron chi connectivity index (χ3n) is 0.524. The van der Waals surface area contributed by atoms with Crippen molar-refractivity contribution in [2.24, 2.45) is 5.73 Å². The van der Waals surface area contributed by atoms with Gasteiger partial charge in [0.1, 0.15) is 4.32 Å². The van der Waals surface area contributed by atoms with Crippen molar-refractivity contribution in [3.05, 3.63) is 0 Å². The molecule has 0 saturated carbocycles. The van der Waals surface area contributed by atoms with Gasteiger partial charge in [-0.25, -0.2) is 0 Å². The first kappa shape index (κ1) is 8.71. The van der Waals surface area contributed by atoms with E-state index in [1.807, 2.05) is 6.92 Å². The lowest BCUT2D eigenvalue weighted by Gasteiger charge is -2.00. The van der Waals surface area contributed by atoms with Gasteiger partial charge in [0, 0.05) is 6.54 Å². The average Bonchev–Trinajstić information content (AvgIpc) is 1.63. The van der Waals surface area contributed by atoms with Crippen molar-refractivity contribution >= 4 is 33.5 Å². The van der Waals surface area contributed by atoms with E-state index in [0.29, 0.717) is 4.32 Å². The molecule has 0 radical (unpaired) electrons.